The normalized spacial score (nSPS) is 13.5. The molecule has 0 aromatic carbocycles. The van der Waals surface area contributed by atoms with Gasteiger partial charge in [-0.25, -0.2) is 0 Å². The first-order valence-electron chi connectivity index (χ1n) is 4.73. The second-order valence-electron chi connectivity index (χ2n) is 3.50. The average molecular weight is 267 g/mol. The maximum absolute atomic E-state index is 12.0. The molecule has 0 aliphatic rings. The molecule has 1 aromatic heterocycles. The molecule has 3 nitrogen and oxygen atoms in total. The second kappa shape index (κ2) is 5.48. The van der Waals surface area contributed by atoms with Gasteiger partial charge in [-0.3, -0.25) is 9.19 Å². The summed E-state index contributed by atoms with van der Waals surface area (Å²) in [6, 6.07) is 1.36. The minimum atomic E-state index is -4.37. The fourth-order valence-corrected chi connectivity index (χ4v) is 1.89. The summed E-state index contributed by atoms with van der Waals surface area (Å²) in [4.78, 5) is 3.97. The van der Waals surface area contributed by atoms with Gasteiger partial charge < -0.3 is 4.74 Å². The number of nitrogens with zero attached hydrogens (tertiary/aromatic N) is 1. The van der Waals surface area contributed by atoms with Crippen LogP contribution in [-0.4, -0.2) is 28.2 Å². The fourth-order valence-electron chi connectivity index (χ4n) is 1.21. The SMILES string of the molecule is Cc1c(OCC(F)(F)F)ccnc1CS(C)=O. The molecule has 17 heavy (non-hydrogen) atoms. The van der Waals surface area contributed by atoms with Crippen LogP contribution < -0.4 is 4.74 Å². The standard InChI is InChI=1S/C10H12F3NO2S/c1-7-8(5-17(2)15)14-4-3-9(7)16-6-10(11,12)13/h3-4H,5-6H2,1-2H3. The molecule has 1 heterocycles. The van der Waals surface area contributed by atoms with Gasteiger partial charge in [0.05, 0.1) is 11.4 Å². The molecule has 96 valence electrons. The summed E-state index contributed by atoms with van der Waals surface area (Å²) in [6.07, 6.45) is -1.52. The van der Waals surface area contributed by atoms with Gasteiger partial charge in [-0.2, -0.15) is 13.2 Å². The van der Waals surface area contributed by atoms with Crippen molar-refractivity contribution in [2.24, 2.45) is 0 Å². The van der Waals surface area contributed by atoms with E-state index < -0.39 is 23.6 Å². The third kappa shape index (κ3) is 4.72. The molecule has 1 atom stereocenters. The Morgan fingerprint density at radius 2 is 2.12 bits per heavy atom. The van der Waals surface area contributed by atoms with Crippen LogP contribution in [0, 0.1) is 6.92 Å². The first-order chi connectivity index (χ1) is 7.79. The van der Waals surface area contributed by atoms with Gasteiger partial charge in [-0.05, 0) is 13.0 Å². The summed E-state index contributed by atoms with van der Waals surface area (Å²) < 4.78 is 51.7. The predicted molar refractivity (Wildman–Crippen MR) is 58.3 cm³/mol. The van der Waals surface area contributed by atoms with Crippen LogP contribution in [0.15, 0.2) is 12.3 Å². The fraction of sp³-hybridized carbons (Fsp3) is 0.500. The maximum atomic E-state index is 12.0. The highest BCUT2D eigenvalue weighted by Gasteiger charge is 2.28. The minimum absolute atomic E-state index is 0.123. The molecule has 7 heteroatoms. The van der Waals surface area contributed by atoms with E-state index in [9.17, 15) is 17.4 Å². The summed E-state index contributed by atoms with van der Waals surface area (Å²) in [6.45, 7) is 0.257. The van der Waals surface area contributed by atoms with Gasteiger partial charge in [0, 0.05) is 28.8 Å². The molecular formula is C10H12F3NO2S. The zero-order valence-corrected chi connectivity index (χ0v) is 10.2. The van der Waals surface area contributed by atoms with Crippen LogP contribution in [-0.2, 0) is 16.6 Å². The molecule has 0 N–H and O–H groups in total. The van der Waals surface area contributed by atoms with Crippen molar-refractivity contribution in [3.05, 3.63) is 23.5 Å². The van der Waals surface area contributed by atoms with Gasteiger partial charge in [0.25, 0.3) is 0 Å². The number of pyridine rings is 1. The Morgan fingerprint density at radius 1 is 1.47 bits per heavy atom. The Labute approximate surface area is 99.5 Å². The predicted octanol–water partition coefficient (Wildman–Crippen LogP) is 2.21. The Bertz CT molecular complexity index is 421. The number of hydrogen-bond donors (Lipinski definition) is 0. The Morgan fingerprint density at radius 3 is 2.65 bits per heavy atom. The lowest BCUT2D eigenvalue weighted by molar-refractivity contribution is -0.153. The summed E-state index contributed by atoms with van der Waals surface area (Å²) in [5, 5.41) is 0. The van der Waals surface area contributed by atoms with Crippen LogP contribution in [0.4, 0.5) is 13.2 Å². The van der Waals surface area contributed by atoms with Gasteiger partial charge >= 0.3 is 6.18 Å². The monoisotopic (exact) mass is 267 g/mol. The van der Waals surface area contributed by atoms with Crippen molar-refractivity contribution in [1.82, 2.24) is 4.98 Å². The summed E-state index contributed by atoms with van der Waals surface area (Å²) >= 11 is 0. The van der Waals surface area contributed by atoms with Crippen molar-refractivity contribution in [3.63, 3.8) is 0 Å². The lowest BCUT2D eigenvalue weighted by atomic mass is 10.2. The largest absolute Gasteiger partial charge is 0.484 e. The van der Waals surface area contributed by atoms with Crippen molar-refractivity contribution in [2.75, 3.05) is 12.9 Å². The number of hydrogen-bond acceptors (Lipinski definition) is 3. The second-order valence-corrected chi connectivity index (χ2v) is 4.94. The van der Waals surface area contributed by atoms with E-state index in [4.69, 9.17) is 0 Å². The summed E-state index contributed by atoms with van der Waals surface area (Å²) in [5.41, 5.74) is 0.984. The van der Waals surface area contributed by atoms with Gasteiger partial charge in [-0.15, -0.1) is 0 Å². The van der Waals surface area contributed by atoms with E-state index in [2.05, 4.69) is 9.72 Å². The average Bonchev–Trinajstić information content (AvgIpc) is 2.17. The van der Waals surface area contributed by atoms with Crippen molar-refractivity contribution >= 4 is 10.8 Å². The molecule has 1 rings (SSSR count). The van der Waals surface area contributed by atoms with Gasteiger partial charge in [0.1, 0.15) is 5.75 Å². The topological polar surface area (TPSA) is 39.2 Å². The van der Waals surface area contributed by atoms with Crippen LogP contribution in [0.1, 0.15) is 11.3 Å². The highest BCUT2D eigenvalue weighted by Crippen LogP contribution is 2.23. The van der Waals surface area contributed by atoms with Crippen LogP contribution in [0.3, 0.4) is 0 Å². The van der Waals surface area contributed by atoms with Crippen LogP contribution in [0.25, 0.3) is 0 Å². The lowest BCUT2D eigenvalue weighted by Crippen LogP contribution is -2.19. The molecule has 0 saturated heterocycles. The van der Waals surface area contributed by atoms with Gasteiger partial charge in [-0.1, -0.05) is 0 Å². The van der Waals surface area contributed by atoms with Crippen molar-refractivity contribution in [2.45, 2.75) is 18.9 Å². The van der Waals surface area contributed by atoms with Crippen LogP contribution in [0.5, 0.6) is 5.75 Å². The van der Waals surface area contributed by atoms with Crippen molar-refractivity contribution < 1.29 is 22.1 Å². The zero-order chi connectivity index (χ0) is 13.1. The van der Waals surface area contributed by atoms with Gasteiger partial charge in [0.15, 0.2) is 6.61 Å². The quantitative estimate of drug-likeness (QED) is 0.839. The zero-order valence-electron chi connectivity index (χ0n) is 9.37. The molecule has 0 amide bonds. The maximum Gasteiger partial charge on any atom is 0.422 e. The minimum Gasteiger partial charge on any atom is -0.484 e. The van der Waals surface area contributed by atoms with Crippen LogP contribution in [0.2, 0.25) is 0 Å². The summed E-state index contributed by atoms with van der Waals surface area (Å²) in [7, 11) is -1.10. The van der Waals surface area contributed by atoms with E-state index in [0.717, 1.165) is 0 Å². The molecule has 0 bridgehead atoms. The highest BCUT2D eigenvalue weighted by atomic mass is 32.2. The van der Waals surface area contributed by atoms with Crippen molar-refractivity contribution in [1.29, 1.82) is 0 Å². The number of aromatic nitrogens is 1. The van der Waals surface area contributed by atoms with Gasteiger partial charge in [0.2, 0.25) is 0 Å². The van der Waals surface area contributed by atoms with E-state index in [1.807, 2.05) is 0 Å². The molecule has 0 aliphatic heterocycles. The smallest absolute Gasteiger partial charge is 0.422 e. The Hall–Kier alpha value is -1.11. The number of alkyl halides is 3. The van der Waals surface area contributed by atoms with E-state index in [1.165, 1.54) is 18.5 Å². The Kier molecular flexibility index (Phi) is 4.50. The third-order valence-corrected chi connectivity index (χ3v) is 2.67. The molecule has 0 aliphatic carbocycles. The molecule has 1 aromatic rings. The first kappa shape index (κ1) is 14.0. The molecule has 0 radical (unpaired) electrons. The first-order valence-corrected chi connectivity index (χ1v) is 6.46. The van der Waals surface area contributed by atoms with E-state index in [1.54, 1.807) is 6.92 Å². The van der Waals surface area contributed by atoms with E-state index in [0.29, 0.717) is 11.3 Å². The molecule has 0 fully saturated rings. The number of halogens is 3. The van der Waals surface area contributed by atoms with Crippen molar-refractivity contribution in [3.8, 4) is 5.75 Å². The molecule has 1 unspecified atom stereocenters. The highest BCUT2D eigenvalue weighted by molar-refractivity contribution is 7.83. The summed E-state index contributed by atoms with van der Waals surface area (Å²) in [5.74, 6) is 0.326. The lowest BCUT2D eigenvalue weighted by Gasteiger charge is -2.12. The van der Waals surface area contributed by atoms with Crippen LogP contribution >= 0.6 is 0 Å². The van der Waals surface area contributed by atoms with E-state index >= 15 is 0 Å². The number of ether oxygens (including phenoxy) is 1. The number of rotatable bonds is 4. The van der Waals surface area contributed by atoms with E-state index in [-0.39, 0.29) is 11.5 Å². The molecule has 0 saturated carbocycles. The third-order valence-electron chi connectivity index (χ3n) is 1.99. The molecular weight excluding hydrogens is 255 g/mol. The Balaban J connectivity index is 2.83. The molecule has 0 spiro atoms.